The zero-order valence-electron chi connectivity index (χ0n) is 25.6. The molecular formula is C32H36FN7O5S. The third-order valence-corrected chi connectivity index (χ3v) is 11.5. The van der Waals surface area contributed by atoms with Crippen LogP contribution in [0.4, 0.5) is 9.18 Å². The Labute approximate surface area is 269 Å². The zero-order chi connectivity index (χ0) is 31.8. The summed E-state index contributed by atoms with van der Waals surface area (Å²) in [7, 11) is 0. The number of urea groups is 1. The Morgan fingerprint density at radius 1 is 1.15 bits per heavy atom. The van der Waals surface area contributed by atoms with Crippen molar-refractivity contribution in [3.05, 3.63) is 63.0 Å². The molecule has 4 aliphatic heterocycles. The molecule has 242 valence electrons. The number of benzene rings is 1. The van der Waals surface area contributed by atoms with E-state index in [4.69, 9.17) is 9.73 Å². The molecule has 2 bridgehead atoms. The normalized spacial score (nSPS) is 30.8. The summed E-state index contributed by atoms with van der Waals surface area (Å²) in [6.45, 7) is 6.65. The quantitative estimate of drug-likeness (QED) is 0.467. The Morgan fingerprint density at radius 2 is 1.93 bits per heavy atom. The van der Waals surface area contributed by atoms with Crippen LogP contribution in [-0.4, -0.2) is 124 Å². The Balaban J connectivity index is 0.996. The maximum absolute atomic E-state index is 14.6. The maximum atomic E-state index is 14.6. The van der Waals surface area contributed by atoms with Crippen molar-refractivity contribution in [3.8, 4) is 0 Å². The summed E-state index contributed by atoms with van der Waals surface area (Å²) in [6.07, 6.45) is 3.84. The predicted molar refractivity (Wildman–Crippen MR) is 166 cm³/mol. The molecule has 2 aromatic rings. The fraction of sp³-hybridized carbons (Fsp3) is 0.531. The number of carbonyl (C=O) groups is 3. The van der Waals surface area contributed by atoms with Crippen molar-refractivity contribution in [1.29, 1.82) is 0 Å². The molecule has 7 aliphatic rings. The summed E-state index contributed by atoms with van der Waals surface area (Å²) in [5.74, 6) is -0.875. The lowest BCUT2D eigenvalue weighted by molar-refractivity contribution is -0.215. The second-order valence-corrected chi connectivity index (χ2v) is 14.3. The number of aliphatic carboxylic acids is 1. The number of thiazole rings is 1. The van der Waals surface area contributed by atoms with E-state index in [0.29, 0.717) is 86.7 Å². The number of ether oxygens (including phenoxy) is 1. The molecule has 3 aliphatic carbocycles. The van der Waals surface area contributed by atoms with E-state index in [0.717, 1.165) is 19.3 Å². The second-order valence-electron chi connectivity index (χ2n) is 13.4. The summed E-state index contributed by atoms with van der Waals surface area (Å²) >= 11 is 1.39. The number of halogens is 1. The Hall–Kier alpha value is -3.88. The molecule has 2 atom stereocenters. The van der Waals surface area contributed by atoms with Crippen LogP contribution >= 0.6 is 11.3 Å². The molecule has 14 heteroatoms. The van der Waals surface area contributed by atoms with Gasteiger partial charge in [-0.1, -0.05) is 12.1 Å². The lowest BCUT2D eigenvalue weighted by atomic mass is 9.38. The van der Waals surface area contributed by atoms with Crippen LogP contribution in [0, 0.1) is 18.2 Å². The van der Waals surface area contributed by atoms with Crippen molar-refractivity contribution in [2.75, 3.05) is 59.0 Å². The average Bonchev–Trinajstić information content (AvgIpc) is 3.66. The number of amides is 3. The number of amidine groups is 1. The number of rotatable bonds is 7. The van der Waals surface area contributed by atoms with Crippen molar-refractivity contribution in [1.82, 2.24) is 29.9 Å². The third kappa shape index (κ3) is 4.55. The summed E-state index contributed by atoms with van der Waals surface area (Å²) in [5.41, 5.74) is 0.849. The molecule has 3 saturated carbocycles. The fourth-order valence-corrected chi connectivity index (χ4v) is 9.04. The van der Waals surface area contributed by atoms with Gasteiger partial charge in [-0.2, -0.15) is 0 Å². The highest BCUT2D eigenvalue weighted by molar-refractivity contribution is 7.11. The van der Waals surface area contributed by atoms with Crippen LogP contribution < -0.4 is 5.32 Å². The SMILES string of the molecule is Cc1c(F)cccc1[C@@H]1N=C(c2nccs2)NC(CN2CCN3C(=O)N(C45CC(C(=O)N6CCOCC6)(C4)C5)C[C@@H]3C2)=C1C(=O)O. The molecule has 5 heterocycles. The van der Waals surface area contributed by atoms with Gasteiger partial charge in [-0.25, -0.2) is 19.0 Å². The van der Waals surface area contributed by atoms with E-state index in [9.17, 15) is 23.9 Å². The monoisotopic (exact) mass is 649 g/mol. The van der Waals surface area contributed by atoms with E-state index in [2.05, 4.69) is 15.2 Å². The van der Waals surface area contributed by atoms with Crippen LogP contribution in [0.2, 0.25) is 0 Å². The third-order valence-electron chi connectivity index (χ3n) is 10.7. The van der Waals surface area contributed by atoms with Crippen LogP contribution in [-0.2, 0) is 14.3 Å². The first-order chi connectivity index (χ1) is 22.2. The smallest absolute Gasteiger partial charge is 0.335 e. The minimum absolute atomic E-state index is 0.0352. The topological polar surface area (TPSA) is 131 Å². The van der Waals surface area contributed by atoms with E-state index < -0.39 is 17.8 Å². The molecule has 6 fully saturated rings. The summed E-state index contributed by atoms with van der Waals surface area (Å²) in [5, 5.41) is 16.2. The molecule has 0 unspecified atom stereocenters. The van der Waals surface area contributed by atoms with Crippen LogP contribution in [0.25, 0.3) is 0 Å². The summed E-state index contributed by atoms with van der Waals surface area (Å²) in [4.78, 5) is 56.8. The first kappa shape index (κ1) is 29.5. The Kier molecular flexibility index (Phi) is 6.96. The number of piperazine rings is 1. The van der Waals surface area contributed by atoms with Gasteiger partial charge in [0.15, 0.2) is 10.8 Å². The maximum Gasteiger partial charge on any atom is 0.335 e. The molecule has 2 N–H and O–H groups in total. The molecule has 1 aromatic heterocycles. The van der Waals surface area contributed by atoms with Crippen molar-refractivity contribution in [3.63, 3.8) is 0 Å². The number of nitrogens with one attached hydrogen (secondary N) is 1. The van der Waals surface area contributed by atoms with Gasteiger partial charge in [0.1, 0.15) is 11.9 Å². The van der Waals surface area contributed by atoms with Crippen LogP contribution in [0.15, 0.2) is 46.0 Å². The van der Waals surface area contributed by atoms with Crippen molar-refractivity contribution < 1.29 is 28.6 Å². The highest BCUT2D eigenvalue weighted by atomic mass is 32.1. The zero-order valence-corrected chi connectivity index (χ0v) is 26.4. The highest BCUT2D eigenvalue weighted by Gasteiger charge is 2.76. The second kappa shape index (κ2) is 10.8. The number of morpholine rings is 1. The first-order valence-electron chi connectivity index (χ1n) is 15.8. The number of carboxylic acid groups (broad SMARTS) is 1. The first-order valence-corrected chi connectivity index (χ1v) is 16.7. The van der Waals surface area contributed by atoms with Crippen LogP contribution in [0.3, 0.4) is 0 Å². The van der Waals surface area contributed by atoms with E-state index in [-0.39, 0.29) is 34.5 Å². The standard InChI is InChI=1S/C32H36FN7O5S/c1-19-21(3-2-4-22(19)33)25-24(28(41)42)23(35-26(36-25)27-34-5-12-46-27)15-37-6-7-39-20(13-37)14-40(30(39)44)32-16-31(17-32,18-32)29(43)38-8-10-45-11-9-38/h2-5,12,20,25H,6-11,13-18H2,1H3,(H,35,36)(H,41,42)/t20-,25-,31?,32?/m0/s1. The van der Waals surface area contributed by atoms with E-state index in [1.54, 1.807) is 25.3 Å². The number of fused-ring (bicyclic) bond motifs is 1. The Bertz CT molecular complexity index is 1650. The van der Waals surface area contributed by atoms with Gasteiger partial charge in [0.2, 0.25) is 5.91 Å². The van der Waals surface area contributed by atoms with Gasteiger partial charge >= 0.3 is 12.0 Å². The van der Waals surface area contributed by atoms with Gasteiger partial charge in [0, 0.05) is 68.6 Å². The molecule has 3 saturated heterocycles. The minimum atomic E-state index is -1.12. The number of carbonyl (C=O) groups excluding carboxylic acids is 2. The molecule has 9 rings (SSSR count). The molecule has 1 aromatic carbocycles. The van der Waals surface area contributed by atoms with Crippen molar-refractivity contribution in [2.24, 2.45) is 10.4 Å². The summed E-state index contributed by atoms with van der Waals surface area (Å²) < 4.78 is 20.1. The van der Waals surface area contributed by atoms with Gasteiger partial charge in [0.05, 0.1) is 30.2 Å². The molecule has 3 amide bonds. The van der Waals surface area contributed by atoms with E-state index in [1.807, 2.05) is 20.1 Å². The molecular weight excluding hydrogens is 613 g/mol. The van der Waals surface area contributed by atoms with E-state index in [1.165, 1.54) is 17.4 Å². The fourth-order valence-electron chi connectivity index (χ4n) is 8.45. The predicted octanol–water partition coefficient (Wildman–Crippen LogP) is 2.22. The minimum Gasteiger partial charge on any atom is -0.478 e. The van der Waals surface area contributed by atoms with Gasteiger partial charge in [0.25, 0.3) is 0 Å². The summed E-state index contributed by atoms with van der Waals surface area (Å²) in [6, 6.07) is 3.75. The van der Waals surface area contributed by atoms with Crippen LogP contribution in [0.5, 0.6) is 0 Å². The van der Waals surface area contributed by atoms with Gasteiger partial charge < -0.3 is 29.9 Å². The molecule has 0 radical (unpaired) electrons. The van der Waals surface area contributed by atoms with Gasteiger partial charge in [-0.05, 0) is 43.4 Å². The number of carboxylic acids is 1. The lowest BCUT2D eigenvalue weighted by Gasteiger charge is -2.72. The Morgan fingerprint density at radius 3 is 2.65 bits per heavy atom. The van der Waals surface area contributed by atoms with Crippen LogP contribution in [0.1, 0.15) is 41.4 Å². The number of aromatic nitrogens is 1. The van der Waals surface area contributed by atoms with E-state index >= 15 is 0 Å². The molecule has 12 nitrogen and oxygen atoms in total. The highest BCUT2D eigenvalue weighted by Crippen LogP contribution is 2.71. The number of aliphatic imine (C=N–C) groups is 1. The number of nitrogens with zero attached hydrogens (tertiary/aromatic N) is 6. The van der Waals surface area contributed by atoms with Gasteiger partial charge in [-0.3, -0.25) is 14.7 Å². The van der Waals surface area contributed by atoms with Crippen molar-refractivity contribution in [2.45, 2.75) is 43.8 Å². The number of hydrogen-bond acceptors (Lipinski definition) is 9. The number of hydrogen-bond donors (Lipinski definition) is 2. The molecule has 0 spiro atoms. The largest absolute Gasteiger partial charge is 0.478 e. The average molecular weight is 650 g/mol. The van der Waals surface area contributed by atoms with Crippen molar-refractivity contribution >= 4 is 35.1 Å². The van der Waals surface area contributed by atoms with Gasteiger partial charge in [-0.15, -0.1) is 11.3 Å². The lowest BCUT2D eigenvalue weighted by Crippen LogP contribution is -2.79. The molecule has 46 heavy (non-hydrogen) atoms.